The van der Waals surface area contributed by atoms with Crippen molar-refractivity contribution in [1.29, 1.82) is 5.41 Å². The summed E-state index contributed by atoms with van der Waals surface area (Å²) in [6, 6.07) is 2.90. The molecule has 0 saturated carbocycles. The summed E-state index contributed by atoms with van der Waals surface area (Å²) in [7, 11) is 1.67. The molecule has 10 heteroatoms. The lowest BCUT2D eigenvalue weighted by atomic mass is 9.92. The molecule has 1 amide bonds. The number of anilines is 1. The highest BCUT2D eigenvalue weighted by Gasteiger charge is 2.37. The second-order valence-corrected chi connectivity index (χ2v) is 9.48. The van der Waals surface area contributed by atoms with Gasteiger partial charge in [-0.1, -0.05) is 0 Å². The van der Waals surface area contributed by atoms with Gasteiger partial charge in [0.1, 0.15) is 5.84 Å². The number of amidine groups is 1. The monoisotopic (exact) mass is 488 g/mol. The second-order valence-electron chi connectivity index (χ2n) is 9.48. The van der Waals surface area contributed by atoms with Crippen molar-refractivity contribution in [2.45, 2.75) is 52.3 Å². The van der Waals surface area contributed by atoms with E-state index in [9.17, 15) is 18.0 Å². The fourth-order valence-electron chi connectivity index (χ4n) is 4.82. The number of rotatable bonds is 4. The maximum Gasteiger partial charge on any atom is 0.417 e. The van der Waals surface area contributed by atoms with Gasteiger partial charge in [0, 0.05) is 68.2 Å². The SMILES string of the molecule is CC(=O)N1CCC(NC(C)C)=C(C(=N)N2CCCc3cc(-c4cnn(C)c4)c(C(F)(F)F)cc32)C1. The Labute approximate surface area is 203 Å². The number of alkyl halides is 3. The molecule has 0 aliphatic carbocycles. The standard InChI is InChI=1S/C25H31F3N6O/c1-15(2)31-22-7-9-33(16(3)35)14-20(22)24(29)34-8-5-6-17-10-19(18-12-30-32(4)13-18)21(11-23(17)34)25(26,27)28/h10-13,15,29,31H,5-9,14H2,1-4H3. The molecule has 4 rings (SSSR count). The predicted octanol–water partition coefficient (Wildman–Crippen LogP) is 4.34. The van der Waals surface area contributed by atoms with E-state index in [0.717, 1.165) is 11.3 Å². The van der Waals surface area contributed by atoms with Crippen LogP contribution in [0.2, 0.25) is 0 Å². The molecule has 1 aromatic carbocycles. The van der Waals surface area contributed by atoms with Crippen LogP contribution in [-0.4, -0.2) is 52.1 Å². The lowest BCUT2D eigenvalue weighted by Crippen LogP contribution is -2.45. The van der Waals surface area contributed by atoms with Gasteiger partial charge in [-0.2, -0.15) is 18.3 Å². The summed E-state index contributed by atoms with van der Waals surface area (Å²) in [5, 5.41) is 16.5. The molecule has 2 aliphatic heterocycles. The van der Waals surface area contributed by atoms with Gasteiger partial charge >= 0.3 is 6.18 Å². The highest BCUT2D eigenvalue weighted by molar-refractivity contribution is 6.09. The summed E-state index contributed by atoms with van der Waals surface area (Å²) in [6.45, 7) is 6.73. The van der Waals surface area contributed by atoms with Gasteiger partial charge in [-0.3, -0.25) is 14.9 Å². The summed E-state index contributed by atoms with van der Waals surface area (Å²) < 4.78 is 44.0. The van der Waals surface area contributed by atoms with Crippen LogP contribution in [0.1, 0.15) is 44.7 Å². The van der Waals surface area contributed by atoms with Crippen molar-refractivity contribution < 1.29 is 18.0 Å². The minimum Gasteiger partial charge on any atom is -0.386 e. The molecule has 0 radical (unpaired) electrons. The van der Waals surface area contributed by atoms with E-state index in [4.69, 9.17) is 5.41 Å². The molecule has 2 aromatic rings. The lowest BCUT2D eigenvalue weighted by molar-refractivity contribution is -0.137. The van der Waals surface area contributed by atoms with Crippen LogP contribution in [0.25, 0.3) is 11.1 Å². The molecule has 0 saturated heterocycles. The Kier molecular flexibility index (Phi) is 6.66. The molecule has 1 aromatic heterocycles. The molecular weight excluding hydrogens is 457 g/mol. The molecule has 0 unspecified atom stereocenters. The number of carbonyl (C=O) groups excluding carboxylic acids is 1. The molecule has 0 fully saturated rings. The Balaban J connectivity index is 1.80. The molecule has 0 bridgehead atoms. The number of fused-ring (bicyclic) bond motifs is 1. The number of amides is 1. The van der Waals surface area contributed by atoms with Crippen LogP contribution in [0, 0.1) is 5.41 Å². The summed E-state index contributed by atoms with van der Waals surface area (Å²) >= 11 is 0. The molecule has 188 valence electrons. The molecule has 3 heterocycles. The van der Waals surface area contributed by atoms with Crippen molar-refractivity contribution in [2.24, 2.45) is 7.05 Å². The van der Waals surface area contributed by atoms with Crippen molar-refractivity contribution in [3.05, 3.63) is 46.9 Å². The minimum absolute atomic E-state index is 0.0848. The van der Waals surface area contributed by atoms with Crippen LogP contribution >= 0.6 is 0 Å². The number of nitrogens with zero attached hydrogens (tertiary/aromatic N) is 4. The number of hydrogen-bond donors (Lipinski definition) is 2. The van der Waals surface area contributed by atoms with Crippen LogP contribution in [0.4, 0.5) is 18.9 Å². The van der Waals surface area contributed by atoms with E-state index in [-0.39, 0.29) is 29.9 Å². The van der Waals surface area contributed by atoms with Gasteiger partial charge in [0.2, 0.25) is 5.91 Å². The van der Waals surface area contributed by atoms with E-state index in [0.29, 0.717) is 49.2 Å². The smallest absolute Gasteiger partial charge is 0.386 e. The fourth-order valence-corrected chi connectivity index (χ4v) is 4.82. The van der Waals surface area contributed by atoms with Crippen molar-refractivity contribution in [1.82, 2.24) is 20.0 Å². The Morgan fingerprint density at radius 1 is 1.20 bits per heavy atom. The van der Waals surface area contributed by atoms with Crippen molar-refractivity contribution in [3.63, 3.8) is 0 Å². The number of aryl methyl sites for hydroxylation is 2. The fraction of sp³-hybridized carbons (Fsp3) is 0.480. The third-order valence-corrected chi connectivity index (χ3v) is 6.47. The maximum atomic E-state index is 14.2. The predicted molar refractivity (Wildman–Crippen MR) is 129 cm³/mol. The highest BCUT2D eigenvalue weighted by Crippen LogP contribution is 2.42. The summed E-state index contributed by atoms with van der Waals surface area (Å²) in [5.41, 5.74) is 2.46. The third-order valence-electron chi connectivity index (χ3n) is 6.47. The van der Waals surface area contributed by atoms with E-state index in [1.807, 2.05) is 13.8 Å². The lowest BCUT2D eigenvalue weighted by Gasteiger charge is -2.37. The molecule has 0 atom stereocenters. The number of hydrogen-bond acceptors (Lipinski definition) is 4. The zero-order valence-electron chi connectivity index (χ0n) is 20.5. The maximum absolute atomic E-state index is 14.2. The topological polar surface area (TPSA) is 77.2 Å². The van der Waals surface area contributed by atoms with E-state index >= 15 is 0 Å². The van der Waals surface area contributed by atoms with Crippen LogP contribution in [-0.2, 0) is 24.4 Å². The van der Waals surface area contributed by atoms with Gasteiger partial charge < -0.3 is 15.1 Å². The summed E-state index contributed by atoms with van der Waals surface area (Å²) in [4.78, 5) is 15.4. The van der Waals surface area contributed by atoms with Crippen molar-refractivity contribution in [3.8, 4) is 11.1 Å². The van der Waals surface area contributed by atoms with Crippen LogP contribution in [0.5, 0.6) is 0 Å². The van der Waals surface area contributed by atoms with E-state index in [1.165, 1.54) is 23.9 Å². The van der Waals surface area contributed by atoms with E-state index in [1.54, 1.807) is 29.1 Å². The quantitative estimate of drug-likeness (QED) is 0.496. The van der Waals surface area contributed by atoms with Crippen LogP contribution in [0.15, 0.2) is 35.8 Å². The largest absolute Gasteiger partial charge is 0.417 e. The molecule has 7 nitrogen and oxygen atoms in total. The Morgan fingerprint density at radius 3 is 2.54 bits per heavy atom. The Bertz CT molecular complexity index is 1180. The average Bonchev–Trinajstić information content (AvgIpc) is 3.22. The molecule has 2 N–H and O–H groups in total. The van der Waals surface area contributed by atoms with Gasteiger partial charge in [-0.05, 0) is 49.9 Å². The average molecular weight is 489 g/mol. The first-order chi connectivity index (χ1) is 16.5. The first kappa shape index (κ1) is 24.8. The highest BCUT2D eigenvalue weighted by atomic mass is 19.4. The zero-order valence-corrected chi connectivity index (χ0v) is 20.5. The normalized spacial score (nSPS) is 16.6. The number of carbonyl (C=O) groups is 1. The van der Waals surface area contributed by atoms with Gasteiger partial charge in [-0.25, -0.2) is 0 Å². The Hall–Kier alpha value is -3.30. The zero-order chi connectivity index (χ0) is 25.5. The number of nitrogens with one attached hydrogen (secondary N) is 2. The summed E-state index contributed by atoms with van der Waals surface area (Å²) in [6.07, 6.45) is 0.360. The molecule has 0 spiro atoms. The third kappa shape index (κ3) is 5.06. The first-order valence-electron chi connectivity index (χ1n) is 11.8. The number of halogens is 3. The van der Waals surface area contributed by atoms with Gasteiger partial charge in [-0.15, -0.1) is 0 Å². The van der Waals surface area contributed by atoms with Gasteiger partial charge in [0.15, 0.2) is 0 Å². The second kappa shape index (κ2) is 9.39. The van der Waals surface area contributed by atoms with Crippen LogP contribution < -0.4 is 10.2 Å². The molecule has 2 aliphatic rings. The number of benzene rings is 1. The van der Waals surface area contributed by atoms with Crippen molar-refractivity contribution >= 4 is 17.4 Å². The van der Waals surface area contributed by atoms with Gasteiger partial charge in [0.05, 0.1) is 18.3 Å². The van der Waals surface area contributed by atoms with Crippen molar-refractivity contribution in [2.75, 3.05) is 24.5 Å². The molecule has 35 heavy (non-hydrogen) atoms. The first-order valence-corrected chi connectivity index (χ1v) is 11.8. The summed E-state index contributed by atoms with van der Waals surface area (Å²) in [5.74, 6) is 0.0562. The van der Waals surface area contributed by atoms with E-state index < -0.39 is 11.7 Å². The van der Waals surface area contributed by atoms with Gasteiger partial charge in [0.25, 0.3) is 0 Å². The van der Waals surface area contributed by atoms with E-state index in [2.05, 4.69) is 10.4 Å². The Morgan fingerprint density at radius 2 is 1.94 bits per heavy atom. The molecular formula is C25H31F3N6O. The van der Waals surface area contributed by atoms with Crippen LogP contribution in [0.3, 0.4) is 0 Å². The minimum atomic E-state index is -4.56. The number of aromatic nitrogens is 2.